The van der Waals surface area contributed by atoms with E-state index in [1.165, 1.54) is 0 Å². The van der Waals surface area contributed by atoms with E-state index in [0.29, 0.717) is 12.8 Å². The molecule has 5 atom stereocenters. The van der Waals surface area contributed by atoms with Crippen LogP contribution in [0.5, 0.6) is 0 Å². The Kier molecular flexibility index (Phi) is 17.2. The van der Waals surface area contributed by atoms with Crippen LogP contribution in [0.25, 0.3) is 0 Å². The van der Waals surface area contributed by atoms with Crippen LogP contribution in [-0.2, 0) is 37.9 Å². The first-order chi connectivity index (χ1) is 20.7. The molecule has 0 aromatic carbocycles. The Morgan fingerprint density at radius 1 is 0.574 bits per heavy atom. The zero-order valence-electron chi connectivity index (χ0n) is 33.5. The molecule has 47 heavy (non-hydrogen) atoms. The van der Waals surface area contributed by atoms with Gasteiger partial charge in [0.1, 0.15) is 14.3 Å². The molecule has 0 spiro atoms. The molecule has 0 aromatic rings. The van der Waals surface area contributed by atoms with Crippen molar-refractivity contribution in [3.63, 3.8) is 0 Å². The Labute approximate surface area is 288 Å². The summed E-state index contributed by atoms with van der Waals surface area (Å²) in [5, 5.41) is 3.45. The molecule has 0 saturated heterocycles. The highest BCUT2D eigenvalue weighted by atomic mass is 31.2. The van der Waals surface area contributed by atoms with Gasteiger partial charge in [-0.1, -0.05) is 48.5 Å². The van der Waals surface area contributed by atoms with Gasteiger partial charge in [-0.3, -0.25) is 9.68 Å². The third-order valence-electron chi connectivity index (χ3n) is 7.64. The van der Waals surface area contributed by atoms with Gasteiger partial charge in [-0.15, -0.1) is 0 Å². The van der Waals surface area contributed by atoms with Gasteiger partial charge in [0.25, 0.3) is 0 Å². The lowest BCUT2D eigenvalue weighted by Crippen LogP contribution is -2.54. The standard InChI is InChI=1S/C35H72N2O8P2/c1-25(22-24-43-29(39)27(3)45-37(35(13,14)15)31(33(7,8)9)47(18,19)41)21-20-23-42-28(38)26(2)44-36(34(10,11)12)30(32(4,5)6)46(16,17)40/h25-27,30-31H,20-24H2,1-19H3. The van der Waals surface area contributed by atoms with E-state index in [4.69, 9.17) is 19.1 Å². The Morgan fingerprint density at radius 3 is 1.17 bits per heavy atom. The van der Waals surface area contributed by atoms with Gasteiger partial charge in [0.2, 0.25) is 0 Å². The van der Waals surface area contributed by atoms with Gasteiger partial charge in [0.05, 0.1) is 24.8 Å². The molecule has 5 unspecified atom stereocenters. The fraction of sp³-hybridized carbons (Fsp3) is 0.943. The van der Waals surface area contributed by atoms with Crippen molar-refractivity contribution in [2.24, 2.45) is 16.7 Å². The minimum absolute atomic E-state index is 0.237. The van der Waals surface area contributed by atoms with Gasteiger partial charge in [-0.25, -0.2) is 9.59 Å². The van der Waals surface area contributed by atoms with Crippen LogP contribution in [0.3, 0.4) is 0 Å². The van der Waals surface area contributed by atoms with Crippen LogP contribution in [0.1, 0.15) is 123 Å². The summed E-state index contributed by atoms with van der Waals surface area (Å²) in [4.78, 5) is 38.0. The Morgan fingerprint density at radius 2 is 0.894 bits per heavy atom. The first-order valence-corrected chi connectivity index (χ1v) is 22.4. The van der Waals surface area contributed by atoms with Gasteiger partial charge in [0.15, 0.2) is 12.2 Å². The second-order valence-corrected chi connectivity index (χ2v) is 24.9. The lowest BCUT2D eigenvalue weighted by molar-refractivity contribution is -0.260. The quantitative estimate of drug-likeness (QED) is 0.0629. The van der Waals surface area contributed by atoms with Crippen LogP contribution in [0, 0.1) is 16.7 Å². The van der Waals surface area contributed by atoms with Gasteiger partial charge >= 0.3 is 11.9 Å². The van der Waals surface area contributed by atoms with Crippen molar-refractivity contribution in [3.05, 3.63) is 0 Å². The third kappa shape index (κ3) is 16.2. The summed E-state index contributed by atoms with van der Waals surface area (Å²) in [6.07, 6.45) is 0.374. The maximum absolute atomic E-state index is 13.3. The maximum Gasteiger partial charge on any atom is 0.337 e. The number of hydroxylamine groups is 4. The largest absolute Gasteiger partial charge is 0.464 e. The number of carbonyl (C=O) groups is 2. The molecule has 0 aliphatic rings. The molecule has 0 rings (SSSR count). The highest BCUT2D eigenvalue weighted by Crippen LogP contribution is 2.55. The Hall–Kier alpha value is -0.760. The van der Waals surface area contributed by atoms with Crippen molar-refractivity contribution in [3.8, 4) is 0 Å². The second kappa shape index (κ2) is 17.4. The normalized spacial score (nSPS) is 17.3. The molecule has 280 valence electrons. The molecule has 12 heteroatoms. The zero-order chi connectivity index (χ0) is 37.6. The number of rotatable bonds is 17. The van der Waals surface area contributed by atoms with Crippen LogP contribution in [0.4, 0.5) is 0 Å². The number of nitrogens with zero attached hydrogens (tertiary/aromatic N) is 2. The number of hydrogen-bond acceptors (Lipinski definition) is 10. The van der Waals surface area contributed by atoms with Gasteiger partial charge in [-0.05, 0) is 118 Å². The molecule has 0 bridgehead atoms. The molecule has 0 amide bonds. The topological polar surface area (TPSA) is 112 Å². The predicted molar refractivity (Wildman–Crippen MR) is 195 cm³/mol. The number of ether oxygens (including phenoxy) is 2. The Bertz CT molecular complexity index is 1090. The van der Waals surface area contributed by atoms with Crippen LogP contribution in [0.15, 0.2) is 0 Å². The fourth-order valence-corrected chi connectivity index (χ4v) is 11.6. The molecule has 0 aliphatic carbocycles. The van der Waals surface area contributed by atoms with E-state index in [2.05, 4.69) is 6.92 Å². The molecule has 0 fully saturated rings. The van der Waals surface area contributed by atoms with Crippen LogP contribution < -0.4 is 0 Å². The highest BCUT2D eigenvalue weighted by Gasteiger charge is 2.47. The lowest BCUT2D eigenvalue weighted by Gasteiger charge is -2.48. The summed E-state index contributed by atoms with van der Waals surface area (Å²) in [5.74, 6) is -1.48. The molecule has 0 radical (unpaired) electrons. The van der Waals surface area contributed by atoms with E-state index in [1.807, 2.05) is 83.1 Å². The van der Waals surface area contributed by atoms with Crippen LogP contribution >= 0.6 is 14.3 Å². The summed E-state index contributed by atoms with van der Waals surface area (Å²) in [5.41, 5.74) is -1.68. The lowest BCUT2D eigenvalue weighted by atomic mass is 9.94. The molecule has 0 saturated carbocycles. The Balaban J connectivity index is 4.99. The van der Waals surface area contributed by atoms with E-state index in [1.54, 1.807) is 50.6 Å². The van der Waals surface area contributed by atoms with Crippen molar-refractivity contribution in [1.82, 2.24) is 10.1 Å². The second-order valence-electron chi connectivity index (χ2n) is 18.2. The number of hydrogen-bond donors (Lipinski definition) is 0. The average molecular weight is 711 g/mol. The molecule has 10 nitrogen and oxygen atoms in total. The van der Waals surface area contributed by atoms with Gasteiger partial charge in [0, 0.05) is 11.1 Å². The van der Waals surface area contributed by atoms with Crippen LogP contribution in [0.2, 0.25) is 0 Å². The smallest absolute Gasteiger partial charge is 0.337 e. The molecule has 0 N–H and O–H groups in total. The molecule has 0 heterocycles. The first kappa shape index (κ1) is 46.2. The molecule has 0 aromatic heterocycles. The van der Waals surface area contributed by atoms with Gasteiger partial charge in [-0.2, -0.15) is 10.1 Å². The average Bonchev–Trinajstić information content (AvgIpc) is 2.80. The van der Waals surface area contributed by atoms with Gasteiger partial charge < -0.3 is 18.6 Å². The maximum atomic E-state index is 13.3. The van der Waals surface area contributed by atoms with Crippen molar-refractivity contribution in [1.29, 1.82) is 0 Å². The van der Waals surface area contributed by atoms with E-state index in [-0.39, 0.29) is 35.7 Å². The molecule has 0 aliphatic heterocycles. The number of carbonyl (C=O) groups excluding carboxylic acids is 2. The van der Waals surface area contributed by atoms with Crippen molar-refractivity contribution in [2.75, 3.05) is 39.9 Å². The highest BCUT2D eigenvalue weighted by molar-refractivity contribution is 7.63. The summed E-state index contributed by atoms with van der Waals surface area (Å²) in [6, 6.07) is 0. The summed E-state index contributed by atoms with van der Waals surface area (Å²) < 4.78 is 37.7. The fourth-order valence-electron chi connectivity index (χ4n) is 6.01. The first-order valence-electron chi connectivity index (χ1n) is 17.1. The summed E-state index contributed by atoms with van der Waals surface area (Å²) in [6.45, 7) is 36.9. The van der Waals surface area contributed by atoms with E-state index in [9.17, 15) is 18.7 Å². The molecular formula is C35H72N2O8P2. The van der Waals surface area contributed by atoms with Crippen molar-refractivity contribution < 1.29 is 37.9 Å². The van der Waals surface area contributed by atoms with Crippen molar-refractivity contribution >= 4 is 26.2 Å². The third-order valence-corrected chi connectivity index (χ3v) is 12.0. The monoisotopic (exact) mass is 710 g/mol. The van der Waals surface area contributed by atoms with Crippen molar-refractivity contribution in [2.45, 2.75) is 158 Å². The zero-order valence-corrected chi connectivity index (χ0v) is 35.3. The van der Waals surface area contributed by atoms with E-state index in [0.717, 1.165) is 6.42 Å². The summed E-state index contributed by atoms with van der Waals surface area (Å²) >= 11 is 0. The number of esters is 2. The SMILES string of the molecule is CC(CCCOC(=O)C(C)ON(C(C(C)(C)C)P(C)(C)=O)C(C)(C)C)CCOC(=O)C(C)ON(C(C(C)(C)C)P(C)(C)=O)C(C)(C)C. The minimum Gasteiger partial charge on any atom is -0.464 e. The minimum atomic E-state index is -2.63. The van der Waals surface area contributed by atoms with E-state index < -0.39 is 55.3 Å². The van der Waals surface area contributed by atoms with Crippen LogP contribution in [-0.4, -0.2) is 96.8 Å². The predicted octanol–water partition coefficient (Wildman–Crippen LogP) is 8.71. The van der Waals surface area contributed by atoms with E-state index >= 15 is 0 Å². The molecular weight excluding hydrogens is 638 g/mol. The summed E-state index contributed by atoms with van der Waals surface area (Å²) in [7, 11) is -5.25.